The van der Waals surface area contributed by atoms with Crippen molar-refractivity contribution in [3.05, 3.63) is 63.7 Å². The van der Waals surface area contributed by atoms with Gasteiger partial charge in [0.05, 0.1) is 12.8 Å². The van der Waals surface area contributed by atoms with Gasteiger partial charge in [0.1, 0.15) is 11.6 Å². The number of carbonyl (C=O) groups excluding carboxylic acids is 1. The smallest absolute Gasteiger partial charge is 0.320 e. The van der Waals surface area contributed by atoms with E-state index in [-0.39, 0.29) is 16.9 Å². The molecule has 0 radical (unpaired) electrons. The van der Waals surface area contributed by atoms with Crippen LogP contribution in [-0.4, -0.2) is 32.9 Å². The van der Waals surface area contributed by atoms with Gasteiger partial charge in [-0.05, 0) is 24.1 Å². The first-order valence-corrected chi connectivity index (χ1v) is 10.1. The zero-order valence-electron chi connectivity index (χ0n) is 18.4. The Morgan fingerprint density at radius 3 is 2.52 bits per heavy atom. The number of hydrogen-bond donors (Lipinski definition) is 3. The van der Waals surface area contributed by atoms with Crippen LogP contribution in [0.4, 0.5) is 10.6 Å². The monoisotopic (exact) mass is 424 g/mol. The van der Waals surface area contributed by atoms with Gasteiger partial charge in [0.2, 0.25) is 5.95 Å². The minimum atomic E-state index is -0.397. The lowest BCUT2D eigenvalue weighted by Gasteiger charge is -2.13. The van der Waals surface area contributed by atoms with E-state index in [2.05, 4.69) is 25.7 Å². The summed E-state index contributed by atoms with van der Waals surface area (Å²) in [6.45, 7) is 8.32. The van der Waals surface area contributed by atoms with Crippen LogP contribution in [0.1, 0.15) is 44.6 Å². The van der Waals surface area contributed by atoms with Crippen LogP contribution >= 0.6 is 0 Å². The van der Waals surface area contributed by atoms with Gasteiger partial charge in [-0.2, -0.15) is 9.78 Å². The Morgan fingerprint density at radius 1 is 1.19 bits per heavy atom. The highest BCUT2D eigenvalue weighted by molar-refractivity contribution is 5.88. The van der Waals surface area contributed by atoms with E-state index in [0.717, 1.165) is 17.0 Å². The Labute approximate surface area is 180 Å². The molecular formula is C22H28N6O3. The number of urea groups is 1. The third kappa shape index (κ3) is 5.50. The van der Waals surface area contributed by atoms with Crippen LogP contribution in [0.3, 0.4) is 0 Å². The minimum absolute atomic E-state index is 0.255. The molecule has 0 bridgehead atoms. The highest BCUT2D eigenvalue weighted by atomic mass is 16.5. The Hall–Kier alpha value is -3.62. The molecule has 2 aromatic heterocycles. The van der Waals surface area contributed by atoms with Crippen LogP contribution in [-0.2, 0) is 18.4 Å². The van der Waals surface area contributed by atoms with E-state index in [1.807, 2.05) is 52.0 Å². The average molecular weight is 425 g/mol. The SMILES string of the molecule is CCc1cc(=O)[nH]c(-n2nc(C(C)(C)C)cc2NC(=O)NCc2ccc(OC)cc2)n1. The number of rotatable bonds is 6. The van der Waals surface area contributed by atoms with E-state index in [1.54, 1.807) is 13.2 Å². The number of H-pyrrole nitrogens is 1. The summed E-state index contributed by atoms with van der Waals surface area (Å²) in [4.78, 5) is 31.8. The highest BCUT2D eigenvalue weighted by Crippen LogP contribution is 2.25. The van der Waals surface area contributed by atoms with Crippen molar-refractivity contribution in [3.8, 4) is 11.7 Å². The standard InChI is InChI=1S/C22H28N6O3/c1-6-15-11-19(29)26-20(24-15)28-18(12-17(27-28)22(2,3)4)25-21(30)23-13-14-7-9-16(31-5)10-8-14/h7-12H,6,13H2,1-5H3,(H2,23,25,30)(H,24,26,29). The summed E-state index contributed by atoms with van der Waals surface area (Å²) in [7, 11) is 1.61. The van der Waals surface area contributed by atoms with Crippen molar-refractivity contribution < 1.29 is 9.53 Å². The van der Waals surface area contributed by atoms with Crippen LogP contribution < -0.4 is 20.9 Å². The fourth-order valence-electron chi connectivity index (χ4n) is 2.86. The van der Waals surface area contributed by atoms with Gasteiger partial charge >= 0.3 is 6.03 Å². The Bertz CT molecular complexity index is 1110. The lowest BCUT2D eigenvalue weighted by atomic mass is 9.92. The maximum Gasteiger partial charge on any atom is 0.320 e. The van der Waals surface area contributed by atoms with Crippen LogP contribution in [0.15, 0.2) is 41.2 Å². The molecule has 0 atom stereocenters. The van der Waals surface area contributed by atoms with E-state index in [4.69, 9.17) is 4.74 Å². The number of ether oxygens (including phenoxy) is 1. The molecule has 3 rings (SSSR count). The number of aromatic amines is 1. The topological polar surface area (TPSA) is 114 Å². The summed E-state index contributed by atoms with van der Waals surface area (Å²) in [6, 6.07) is 10.3. The zero-order chi connectivity index (χ0) is 22.6. The minimum Gasteiger partial charge on any atom is -0.497 e. The molecule has 1 aromatic carbocycles. The van der Waals surface area contributed by atoms with Crippen molar-refractivity contribution in [3.63, 3.8) is 0 Å². The Morgan fingerprint density at radius 2 is 1.90 bits per heavy atom. The lowest BCUT2D eigenvalue weighted by molar-refractivity contribution is 0.251. The molecule has 0 aliphatic rings. The number of benzene rings is 1. The highest BCUT2D eigenvalue weighted by Gasteiger charge is 2.22. The molecule has 9 heteroatoms. The molecule has 2 heterocycles. The number of carbonyl (C=O) groups is 1. The van der Waals surface area contributed by atoms with Crippen molar-refractivity contribution in [1.29, 1.82) is 0 Å². The molecule has 164 valence electrons. The number of hydrogen-bond acceptors (Lipinski definition) is 5. The molecular weight excluding hydrogens is 396 g/mol. The summed E-state index contributed by atoms with van der Waals surface area (Å²) in [5.41, 5.74) is 1.79. The second-order valence-electron chi connectivity index (χ2n) is 8.15. The zero-order valence-corrected chi connectivity index (χ0v) is 18.4. The molecule has 3 aromatic rings. The first-order chi connectivity index (χ1) is 14.7. The van der Waals surface area contributed by atoms with E-state index in [0.29, 0.717) is 24.5 Å². The van der Waals surface area contributed by atoms with E-state index >= 15 is 0 Å². The fourth-order valence-corrected chi connectivity index (χ4v) is 2.86. The average Bonchev–Trinajstić information content (AvgIpc) is 3.16. The van der Waals surface area contributed by atoms with E-state index < -0.39 is 6.03 Å². The molecule has 0 saturated carbocycles. The molecule has 2 amide bonds. The maximum absolute atomic E-state index is 12.6. The van der Waals surface area contributed by atoms with Crippen molar-refractivity contribution >= 4 is 11.8 Å². The largest absolute Gasteiger partial charge is 0.497 e. The number of nitrogens with zero attached hydrogens (tertiary/aromatic N) is 3. The van der Waals surface area contributed by atoms with Gasteiger partial charge in [0, 0.05) is 29.8 Å². The molecule has 9 nitrogen and oxygen atoms in total. The third-order valence-corrected chi connectivity index (χ3v) is 4.68. The predicted octanol–water partition coefficient (Wildman–Crippen LogP) is 3.15. The second kappa shape index (κ2) is 9.03. The number of nitrogens with one attached hydrogen (secondary N) is 3. The molecule has 0 saturated heterocycles. The van der Waals surface area contributed by atoms with Crippen molar-refractivity contribution in [1.82, 2.24) is 25.1 Å². The maximum atomic E-state index is 12.6. The second-order valence-corrected chi connectivity index (χ2v) is 8.15. The first-order valence-electron chi connectivity index (χ1n) is 10.1. The van der Waals surface area contributed by atoms with Gasteiger partial charge < -0.3 is 10.1 Å². The van der Waals surface area contributed by atoms with Gasteiger partial charge in [-0.1, -0.05) is 39.8 Å². The third-order valence-electron chi connectivity index (χ3n) is 4.68. The molecule has 0 aliphatic heterocycles. The molecule has 3 N–H and O–H groups in total. The van der Waals surface area contributed by atoms with Gasteiger partial charge in [-0.15, -0.1) is 0 Å². The van der Waals surface area contributed by atoms with E-state index in [1.165, 1.54) is 10.7 Å². The summed E-state index contributed by atoms with van der Waals surface area (Å²) >= 11 is 0. The molecule has 31 heavy (non-hydrogen) atoms. The fraction of sp³-hybridized carbons (Fsp3) is 0.364. The first kappa shape index (κ1) is 22.1. The quantitative estimate of drug-likeness (QED) is 0.562. The van der Waals surface area contributed by atoms with Gasteiger partial charge in [0.15, 0.2) is 0 Å². The number of aromatic nitrogens is 4. The van der Waals surface area contributed by atoms with Crippen molar-refractivity contribution in [2.24, 2.45) is 0 Å². The van der Waals surface area contributed by atoms with Gasteiger partial charge in [-0.3, -0.25) is 15.1 Å². The lowest BCUT2D eigenvalue weighted by Crippen LogP contribution is -2.29. The van der Waals surface area contributed by atoms with Gasteiger partial charge in [-0.25, -0.2) is 9.78 Å². The summed E-state index contributed by atoms with van der Waals surface area (Å²) in [5, 5.41) is 10.2. The van der Waals surface area contributed by atoms with Crippen molar-refractivity contribution in [2.45, 2.75) is 46.1 Å². The summed E-state index contributed by atoms with van der Waals surface area (Å²) in [6.07, 6.45) is 0.607. The number of amides is 2. The molecule has 0 aliphatic carbocycles. The van der Waals surface area contributed by atoms with Crippen LogP contribution in [0.2, 0.25) is 0 Å². The van der Waals surface area contributed by atoms with Crippen molar-refractivity contribution in [2.75, 3.05) is 12.4 Å². The van der Waals surface area contributed by atoms with E-state index in [9.17, 15) is 9.59 Å². The number of methoxy groups -OCH3 is 1. The molecule has 0 spiro atoms. The summed E-state index contributed by atoms with van der Waals surface area (Å²) < 4.78 is 6.60. The Balaban J connectivity index is 1.83. The van der Waals surface area contributed by atoms with Crippen LogP contribution in [0.25, 0.3) is 5.95 Å². The molecule has 0 fully saturated rings. The van der Waals surface area contributed by atoms with Crippen LogP contribution in [0, 0.1) is 0 Å². The number of anilines is 1. The summed E-state index contributed by atoms with van der Waals surface area (Å²) in [5.74, 6) is 1.42. The number of aryl methyl sites for hydroxylation is 1. The van der Waals surface area contributed by atoms with Crippen LogP contribution in [0.5, 0.6) is 5.75 Å². The normalized spacial score (nSPS) is 11.3. The van der Waals surface area contributed by atoms with Gasteiger partial charge in [0.25, 0.3) is 5.56 Å². The molecule has 0 unspecified atom stereocenters. The predicted molar refractivity (Wildman–Crippen MR) is 119 cm³/mol. The Kier molecular flexibility index (Phi) is 6.43.